The Morgan fingerprint density at radius 1 is 0.429 bits per heavy atom. The molecule has 2 aliphatic rings. The molecule has 0 bridgehead atoms. The van der Waals surface area contributed by atoms with E-state index in [4.69, 9.17) is 14.2 Å². The number of alkyl carbamates (subject to hydrolysis) is 1. The number of aromatic amines is 1. The number of carbonyl (C=O) groups is 6. The van der Waals surface area contributed by atoms with E-state index in [1.807, 2.05) is 0 Å². The molecule has 2 saturated carbocycles. The fourth-order valence-corrected chi connectivity index (χ4v) is 18.0. The minimum Gasteiger partial charge on any atom is -0.462 e. The molecule has 112 heavy (non-hydrogen) atoms. The fourth-order valence-electron chi connectivity index (χ4n) is 18.0. The lowest BCUT2D eigenvalue weighted by molar-refractivity contribution is 0.0413. The Balaban J connectivity index is 1.00. The maximum absolute atomic E-state index is 13.5. The highest BCUT2D eigenvalue weighted by atomic mass is 16.5. The summed E-state index contributed by atoms with van der Waals surface area (Å²) in [7, 11) is 0. The number of nitrogens with one attached hydrogen (secondary N) is 8. The number of amides is 7. The molecule has 0 radical (unpaired) electrons. The van der Waals surface area contributed by atoms with E-state index in [1.54, 1.807) is 55.5 Å². The Morgan fingerprint density at radius 3 is 1.10 bits per heavy atom. The van der Waals surface area contributed by atoms with Gasteiger partial charge in [0, 0.05) is 48.5 Å². The highest BCUT2D eigenvalue weighted by Crippen LogP contribution is 2.47. The molecule has 5 rings (SSSR count). The molecular formula is C93H157N9O10. The van der Waals surface area contributed by atoms with Gasteiger partial charge < -0.3 is 46.1 Å². The van der Waals surface area contributed by atoms with Crippen LogP contribution >= 0.6 is 0 Å². The molecule has 19 heteroatoms. The molecule has 8 N–H and O–H groups in total. The van der Waals surface area contributed by atoms with Gasteiger partial charge in [0.05, 0.1) is 36.6 Å². The van der Waals surface area contributed by atoms with Crippen LogP contribution in [0.1, 0.15) is 397 Å². The third-order valence-corrected chi connectivity index (χ3v) is 23.5. The maximum atomic E-state index is 13.5. The third-order valence-electron chi connectivity index (χ3n) is 23.5. The van der Waals surface area contributed by atoms with Crippen LogP contribution in [0.2, 0.25) is 0 Å². The first-order chi connectivity index (χ1) is 53.8. The van der Waals surface area contributed by atoms with Gasteiger partial charge in [0.15, 0.2) is 0 Å². The van der Waals surface area contributed by atoms with E-state index in [2.05, 4.69) is 116 Å². The zero-order valence-electron chi connectivity index (χ0n) is 72.2. The van der Waals surface area contributed by atoms with Crippen molar-refractivity contribution in [3.63, 3.8) is 0 Å². The van der Waals surface area contributed by atoms with Crippen molar-refractivity contribution < 1.29 is 43.0 Å². The minimum atomic E-state index is -0.627. The summed E-state index contributed by atoms with van der Waals surface area (Å²) in [6, 6.07) is 12.1. The summed E-state index contributed by atoms with van der Waals surface area (Å²) < 4.78 is 17.5. The summed E-state index contributed by atoms with van der Waals surface area (Å²) in [6.07, 6.45) is 54.5. The summed E-state index contributed by atoms with van der Waals surface area (Å²) in [6.45, 7) is 24.9. The second-order valence-corrected chi connectivity index (χ2v) is 36.3. The third kappa shape index (κ3) is 41.6. The fraction of sp³-hybridized carbons (Fsp3) is 0.763. The molecule has 2 aromatic carbocycles. The van der Waals surface area contributed by atoms with Crippen molar-refractivity contribution in [2.45, 2.75) is 390 Å². The van der Waals surface area contributed by atoms with Gasteiger partial charge in [-0.2, -0.15) is 0 Å². The van der Waals surface area contributed by atoms with Gasteiger partial charge >= 0.3 is 36.1 Å². The van der Waals surface area contributed by atoms with Gasteiger partial charge in [-0.3, -0.25) is 15.1 Å². The number of H-pyrrole nitrogens is 1. The van der Waals surface area contributed by atoms with Crippen molar-refractivity contribution in [2.75, 3.05) is 48.9 Å². The zero-order chi connectivity index (χ0) is 81.3. The number of ether oxygens (including phenoxy) is 3. The molecule has 2 fully saturated rings. The Labute approximate surface area is 677 Å². The number of nitrogens with zero attached hydrogens (tertiary/aromatic N) is 1. The molecule has 0 saturated heterocycles. The van der Waals surface area contributed by atoms with E-state index in [0.717, 1.165) is 51.4 Å². The number of benzene rings is 2. The van der Waals surface area contributed by atoms with Crippen molar-refractivity contribution in [3.05, 3.63) is 81.3 Å². The van der Waals surface area contributed by atoms with Crippen molar-refractivity contribution in [1.82, 2.24) is 31.2 Å². The number of anilines is 3. The molecule has 3 aromatic rings. The van der Waals surface area contributed by atoms with E-state index >= 15 is 0 Å². The van der Waals surface area contributed by atoms with Gasteiger partial charge in [-0.1, -0.05) is 300 Å². The average Bonchev–Trinajstić information content (AvgIpc) is 0.801. The Morgan fingerprint density at radius 2 is 0.759 bits per heavy atom. The van der Waals surface area contributed by atoms with E-state index < -0.39 is 23.1 Å². The van der Waals surface area contributed by atoms with Crippen molar-refractivity contribution >= 4 is 53.4 Å². The maximum Gasteiger partial charge on any atom is 0.407 e. The predicted octanol–water partition coefficient (Wildman–Crippen LogP) is 24.5. The SMILES string of the molecule is CCCCCCCCCCCCC(CCCCCCCCCC)COC(=O)c1ccc(NC(=O)NC2CC(C)(C)CC(C)(CNC(=O)Nc3nc(C)c(CCOC(=O)NCC4(C)CC(NC(=O)Nc5ccc(C(=O)OCC(CCCCCCCCCC)CCCCCCCCCCCC)cc5)CC(C)(C)C4)c(=O)[nH]3)C2)cc1. The zero-order valence-corrected chi connectivity index (χ0v) is 72.2. The van der Waals surface area contributed by atoms with Gasteiger partial charge in [0.25, 0.3) is 5.56 Å². The Bertz CT molecular complexity index is 3190. The van der Waals surface area contributed by atoms with E-state index in [0.29, 0.717) is 84.7 Å². The number of esters is 2. The van der Waals surface area contributed by atoms with E-state index in [9.17, 15) is 33.6 Å². The lowest BCUT2D eigenvalue weighted by atomic mass is 9.62. The molecule has 0 spiro atoms. The number of carbonyl (C=O) groups excluding carboxylic acids is 6. The Hall–Kier alpha value is -6.66. The molecule has 6 atom stereocenters. The van der Waals surface area contributed by atoms with Gasteiger partial charge in [-0.15, -0.1) is 0 Å². The van der Waals surface area contributed by atoms with E-state index in [-0.39, 0.29) is 71.3 Å². The van der Waals surface area contributed by atoms with Crippen molar-refractivity contribution in [3.8, 4) is 0 Å². The van der Waals surface area contributed by atoms with Gasteiger partial charge in [0.1, 0.15) is 0 Å². The highest BCUT2D eigenvalue weighted by Gasteiger charge is 2.44. The first-order valence-electron chi connectivity index (χ1n) is 45.1. The predicted molar refractivity (Wildman–Crippen MR) is 461 cm³/mol. The van der Waals surface area contributed by atoms with Crippen LogP contribution in [0.15, 0.2) is 53.3 Å². The average molecular weight is 1560 g/mol. The number of rotatable bonds is 58. The van der Waals surface area contributed by atoms with Crippen molar-refractivity contribution in [1.29, 1.82) is 0 Å². The van der Waals surface area contributed by atoms with Crippen LogP contribution in [0, 0.1) is 40.4 Å². The number of aromatic nitrogens is 2. The monoisotopic (exact) mass is 1560 g/mol. The number of urea groups is 3. The number of hydrogen-bond donors (Lipinski definition) is 8. The number of aryl methyl sites for hydroxylation is 1. The van der Waals surface area contributed by atoms with Crippen LogP contribution in [-0.2, 0) is 20.6 Å². The lowest BCUT2D eigenvalue weighted by Gasteiger charge is -2.46. The summed E-state index contributed by atoms with van der Waals surface area (Å²) in [4.78, 5) is 101. The molecule has 7 amide bonds. The van der Waals surface area contributed by atoms with Gasteiger partial charge in [-0.25, -0.2) is 33.8 Å². The normalized spacial score (nSPS) is 18.3. The summed E-state index contributed by atoms with van der Waals surface area (Å²) in [5.74, 6) is 0.00400. The molecule has 1 heterocycles. The van der Waals surface area contributed by atoms with Gasteiger partial charge in [-0.05, 0) is 153 Å². The number of unbranched alkanes of at least 4 members (excludes halogenated alkanes) is 32. The lowest BCUT2D eigenvalue weighted by Crippen LogP contribution is -2.51. The smallest absolute Gasteiger partial charge is 0.407 e. The highest BCUT2D eigenvalue weighted by molar-refractivity contribution is 5.93. The molecule has 634 valence electrons. The topological polar surface area (TPSA) is 260 Å². The van der Waals surface area contributed by atoms with Crippen LogP contribution in [-0.4, -0.2) is 91.1 Å². The molecule has 2 aliphatic carbocycles. The first-order valence-corrected chi connectivity index (χ1v) is 45.1. The molecule has 1 aromatic heterocycles. The minimum absolute atomic E-state index is 0.0241. The van der Waals surface area contributed by atoms with Crippen molar-refractivity contribution in [2.24, 2.45) is 33.5 Å². The second kappa shape index (κ2) is 54.2. The summed E-state index contributed by atoms with van der Waals surface area (Å²) in [5.41, 5.74) is 1.16. The van der Waals surface area contributed by atoms with Crippen LogP contribution in [0.25, 0.3) is 0 Å². The van der Waals surface area contributed by atoms with Crippen LogP contribution in [0.5, 0.6) is 0 Å². The quantitative estimate of drug-likeness (QED) is 0.0150. The van der Waals surface area contributed by atoms with Crippen LogP contribution in [0.4, 0.5) is 36.5 Å². The number of hydrogen-bond acceptors (Lipinski definition) is 11. The molecule has 19 nitrogen and oxygen atoms in total. The van der Waals surface area contributed by atoms with E-state index in [1.165, 1.54) is 231 Å². The van der Waals surface area contributed by atoms with Crippen LogP contribution in [0.3, 0.4) is 0 Å². The first kappa shape index (κ1) is 95.9. The van der Waals surface area contributed by atoms with Crippen LogP contribution < -0.4 is 42.8 Å². The summed E-state index contributed by atoms with van der Waals surface area (Å²) >= 11 is 0. The Kier molecular flexibility index (Phi) is 46.4. The molecular weight excluding hydrogens is 1400 g/mol. The largest absolute Gasteiger partial charge is 0.462 e. The summed E-state index contributed by atoms with van der Waals surface area (Å²) in [5, 5.41) is 20.9. The van der Waals surface area contributed by atoms with Gasteiger partial charge in [0.2, 0.25) is 5.95 Å². The standard InChI is InChI=1S/C93H157N9O10/c1-12-16-20-24-28-32-34-38-42-46-50-73(48-44-40-36-30-26-22-18-14-3)66-111-83(104)75-52-56-77(57-53-75)97-87(107)99-79-62-90(6,7)68-92(10,64-79)70-94-86(106)102-85-96-72(5)81(82(103)101-85)60-61-110-89(109)95-71-93(11)65-80(63-91(8,9)69-93)100-88(108)98-78-58-54-76(55-59-78)84(105)112-67-74(49-45-41-37-31-27-23-19-15-4)51-47-43-39-35-33-29-25-21-17-13-2/h52-59,73-74,79-80H,12-51,60-71H2,1-11H3,(H,95,109)(H2,97,99,107)(H2,98,100,108)(H3,94,96,101,102,103,106). The molecule has 6 unspecified atom stereocenters. The molecule has 0 aliphatic heterocycles. The second-order valence-electron chi connectivity index (χ2n) is 36.3.